The lowest BCUT2D eigenvalue weighted by Crippen LogP contribution is -2.38. The van der Waals surface area contributed by atoms with Crippen LogP contribution in [-0.4, -0.2) is 19.1 Å². The number of carbonyl (C=O) groups is 1. The lowest BCUT2D eigenvalue weighted by molar-refractivity contribution is -0.124. The molecular formula is C19H30N2O2. The van der Waals surface area contributed by atoms with Crippen molar-refractivity contribution in [2.24, 2.45) is 11.1 Å². The van der Waals surface area contributed by atoms with Crippen LogP contribution in [0.15, 0.2) is 24.3 Å². The minimum Gasteiger partial charge on any atom is -0.377 e. The van der Waals surface area contributed by atoms with Gasteiger partial charge >= 0.3 is 0 Å². The Balaban J connectivity index is 1.89. The van der Waals surface area contributed by atoms with Crippen molar-refractivity contribution in [2.45, 2.75) is 58.6 Å². The third-order valence-corrected chi connectivity index (χ3v) is 4.94. The largest absolute Gasteiger partial charge is 0.377 e. The van der Waals surface area contributed by atoms with Gasteiger partial charge < -0.3 is 15.8 Å². The molecule has 0 aliphatic heterocycles. The molecule has 3 N–H and O–H groups in total. The first-order valence-corrected chi connectivity index (χ1v) is 8.80. The Labute approximate surface area is 139 Å². The van der Waals surface area contributed by atoms with Crippen molar-refractivity contribution < 1.29 is 9.53 Å². The molecule has 0 atom stereocenters. The Morgan fingerprint density at radius 3 is 2.57 bits per heavy atom. The molecular weight excluding hydrogens is 288 g/mol. The van der Waals surface area contributed by atoms with Gasteiger partial charge in [-0.1, -0.05) is 43.5 Å². The van der Waals surface area contributed by atoms with Crippen molar-refractivity contribution in [3.63, 3.8) is 0 Å². The van der Waals surface area contributed by atoms with Crippen molar-refractivity contribution in [3.8, 4) is 0 Å². The molecule has 1 aromatic carbocycles. The second-order valence-corrected chi connectivity index (χ2v) is 6.62. The molecule has 0 unspecified atom stereocenters. The molecule has 128 valence electrons. The number of ether oxygens (including phenoxy) is 1. The zero-order valence-corrected chi connectivity index (χ0v) is 14.3. The van der Waals surface area contributed by atoms with Crippen LogP contribution in [0.2, 0.25) is 0 Å². The molecule has 1 aliphatic carbocycles. The van der Waals surface area contributed by atoms with E-state index in [9.17, 15) is 4.79 Å². The van der Waals surface area contributed by atoms with Crippen LogP contribution < -0.4 is 11.1 Å². The molecule has 23 heavy (non-hydrogen) atoms. The highest BCUT2D eigenvalue weighted by Crippen LogP contribution is 2.38. The molecule has 4 heteroatoms. The third-order valence-electron chi connectivity index (χ3n) is 4.94. The van der Waals surface area contributed by atoms with Gasteiger partial charge in [0.05, 0.1) is 6.61 Å². The summed E-state index contributed by atoms with van der Waals surface area (Å²) in [5.41, 5.74) is 8.26. The molecule has 0 bridgehead atoms. The summed E-state index contributed by atoms with van der Waals surface area (Å²) in [5.74, 6) is 0.114. The van der Waals surface area contributed by atoms with E-state index >= 15 is 0 Å². The summed E-state index contributed by atoms with van der Waals surface area (Å²) >= 11 is 0. The molecule has 4 nitrogen and oxygen atoms in total. The maximum absolute atomic E-state index is 12.4. The molecule has 0 aromatic heterocycles. The van der Waals surface area contributed by atoms with E-state index in [1.54, 1.807) is 0 Å². The summed E-state index contributed by atoms with van der Waals surface area (Å²) in [7, 11) is 0. The fraction of sp³-hybridized carbons (Fsp3) is 0.632. The number of benzene rings is 1. The zero-order chi connectivity index (χ0) is 16.5. The number of nitrogens with two attached hydrogens (primary N) is 1. The van der Waals surface area contributed by atoms with Gasteiger partial charge in [0.2, 0.25) is 5.91 Å². The third kappa shape index (κ3) is 5.33. The van der Waals surface area contributed by atoms with Crippen molar-refractivity contribution >= 4 is 5.91 Å². The number of nitrogens with one attached hydrogen (secondary N) is 1. The number of rotatable bonds is 8. The van der Waals surface area contributed by atoms with Crippen LogP contribution in [0.25, 0.3) is 0 Å². The number of hydrogen-bond acceptors (Lipinski definition) is 3. The highest BCUT2D eigenvalue weighted by molar-refractivity contribution is 5.76. The van der Waals surface area contributed by atoms with E-state index in [0.29, 0.717) is 32.7 Å². The van der Waals surface area contributed by atoms with Crippen molar-refractivity contribution in [2.75, 3.05) is 13.2 Å². The first-order valence-electron chi connectivity index (χ1n) is 8.80. The predicted molar refractivity (Wildman–Crippen MR) is 92.8 cm³/mol. The summed E-state index contributed by atoms with van der Waals surface area (Å²) in [5, 5.41) is 3.07. The van der Waals surface area contributed by atoms with Gasteiger partial charge in [0.1, 0.15) is 0 Å². The summed E-state index contributed by atoms with van der Waals surface area (Å²) in [6.45, 7) is 4.44. The van der Waals surface area contributed by atoms with Gasteiger partial charge in [0, 0.05) is 19.6 Å². The standard InChI is InChI=1S/C19H30N2O2/c1-2-23-14-17-9-5-4-8-16(17)13-21-18(22)12-19(15-20)10-6-3-7-11-19/h4-5,8-9H,2-3,6-7,10-15,20H2,1H3,(H,21,22). The highest BCUT2D eigenvalue weighted by atomic mass is 16.5. The quantitative estimate of drug-likeness (QED) is 0.774. The van der Waals surface area contributed by atoms with E-state index in [2.05, 4.69) is 11.4 Å². The topological polar surface area (TPSA) is 64.3 Å². The smallest absolute Gasteiger partial charge is 0.220 e. The molecule has 1 fully saturated rings. The van der Waals surface area contributed by atoms with Crippen molar-refractivity contribution in [1.82, 2.24) is 5.32 Å². The van der Waals surface area contributed by atoms with Crippen LogP contribution in [0.1, 0.15) is 56.6 Å². The predicted octanol–water partition coefficient (Wildman–Crippen LogP) is 3.14. The Morgan fingerprint density at radius 2 is 1.91 bits per heavy atom. The summed E-state index contributed by atoms with van der Waals surface area (Å²) < 4.78 is 5.49. The molecule has 0 heterocycles. The monoisotopic (exact) mass is 318 g/mol. The van der Waals surface area contributed by atoms with Crippen molar-refractivity contribution in [3.05, 3.63) is 35.4 Å². The number of amides is 1. The number of hydrogen-bond donors (Lipinski definition) is 2. The van der Waals surface area contributed by atoms with E-state index in [1.165, 1.54) is 19.3 Å². The SMILES string of the molecule is CCOCc1ccccc1CNC(=O)CC1(CN)CCCCC1. The summed E-state index contributed by atoms with van der Waals surface area (Å²) in [6, 6.07) is 8.11. The van der Waals surface area contributed by atoms with Crippen LogP contribution in [0, 0.1) is 5.41 Å². The Bertz CT molecular complexity index is 496. The van der Waals surface area contributed by atoms with Gasteiger partial charge in [-0.15, -0.1) is 0 Å². The Hall–Kier alpha value is -1.39. The van der Waals surface area contributed by atoms with Gasteiger partial charge in [0.15, 0.2) is 0 Å². The van der Waals surface area contributed by atoms with E-state index in [1.807, 2.05) is 25.1 Å². The highest BCUT2D eigenvalue weighted by Gasteiger charge is 2.32. The van der Waals surface area contributed by atoms with Gasteiger partial charge in [-0.25, -0.2) is 0 Å². The molecule has 1 aliphatic rings. The lowest BCUT2D eigenvalue weighted by Gasteiger charge is -2.35. The van der Waals surface area contributed by atoms with Crippen LogP contribution in [0.3, 0.4) is 0 Å². The normalized spacial score (nSPS) is 17.0. The molecule has 1 amide bonds. The molecule has 0 radical (unpaired) electrons. The van der Waals surface area contributed by atoms with Crippen molar-refractivity contribution in [1.29, 1.82) is 0 Å². The average Bonchev–Trinajstić information content (AvgIpc) is 2.59. The van der Waals surface area contributed by atoms with E-state index < -0.39 is 0 Å². The van der Waals surface area contributed by atoms with E-state index in [0.717, 1.165) is 24.0 Å². The minimum absolute atomic E-state index is 0.0210. The fourth-order valence-corrected chi connectivity index (χ4v) is 3.43. The Kier molecular flexibility index (Phi) is 7.06. The summed E-state index contributed by atoms with van der Waals surface area (Å²) in [6.07, 6.45) is 6.38. The average molecular weight is 318 g/mol. The second-order valence-electron chi connectivity index (χ2n) is 6.62. The fourth-order valence-electron chi connectivity index (χ4n) is 3.43. The maximum Gasteiger partial charge on any atom is 0.220 e. The second kappa shape index (κ2) is 9.04. The zero-order valence-electron chi connectivity index (χ0n) is 14.3. The van der Waals surface area contributed by atoms with E-state index in [4.69, 9.17) is 10.5 Å². The molecule has 0 spiro atoms. The lowest BCUT2D eigenvalue weighted by atomic mass is 9.71. The van der Waals surface area contributed by atoms with Gasteiger partial charge in [-0.05, 0) is 42.9 Å². The molecule has 2 rings (SSSR count). The van der Waals surface area contributed by atoms with Crippen LogP contribution in [0.5, 0.6) is 0 Å². The van der Waals surface area contributed by atoms with Crippen LogP contribution in [-0.2, 0) is 22.7 Å². The first-order chi connectivity index (χ1) is 11.2. The van der Waals surface area contributed by atoms with E-state index in [-0.39, 0.29) is 11.3 Å². The van der Waals surface area contributed by atoms with Crippen LogP contribution in [0.4, 0.5) is 0 Å². The molecule has 1 saturated carbocycles. The van der Waals surface area contributed by atoms with Gasteiger partial charge in [-0.3, -0.25) is 4.79 Å². The summed E-state index contributed by atoms with van der Waals surface area (Å²) in [4.78, 5) is 12.4. The Morgan fingerprint density at radius 1 is 1.22 bits per heavy atom. The van der Waals surface area contributed by atoms with Gasteiger partial charge in [0.25, 0.3) is 0 Å². The first kappa shape index (κ1) is 18.0. The van der Waals surface area contributed by atoms with Crippen LogP contribution >= 0.6 is 0 Å². The minimum atomic E-state index is 0.0210. The molecule has 1 aromatic rings. The number of carbonyl (C=O) groups excluding carboxylic acids is 1. The molecule has 0 saturated heterocycles. The van der Waals surface area contributed by atoms with Gasteiger partial charge in [-0.2, -0.15) is 0 Å². The maximum atomic E-state index is 12.4.